The molecule has 0 unspecified atom stereocenters. The van der Waals surface area contributed by atoms with Crippen LogP contribution in [0.4, 0.5) is 0 Å². The molecule has 49 heavy (non-hydrogen) atoms. The minimum absolute atomic E-state index is 0. The fourth-order valence-corrected chi connectivity index (χ4v) is 4.20. The van der Waals surface area contributed by atoms with E-state index in [0.29, 0.717) is 23.0 Å². The molecule has 6 nitrogen and oxygen atoms in total. The second-order valence-electron chi connectivity index (χ2n) is 17.6. The van der Waals surface area contributed by atoms with Crippen molar-refractivity contribution in [1.29, 1.82) is 0 Å². The van der Waals surface area contributed by atoms with E-state index < -0.39 is 0 Å². The average molecular weight is 756 g/mol. The van der Waals surface area contributed by atoms with Crippen LogP contribution >= 0.6 is 0 Å². The summed E-state index contributed by atoms with van der Waals surface area (Å²) in [5, 5.41) is 32.4. The Balaban J connectivity index is -0.000000730. The van der Waals surface area contributed by atoms with E-state index >= 15 is 0 Å². The summed E-state index contributed by atoms with van der Waals surface area (Å²) >= 11 is 0. The van der Waals surface area contributed by atoms with Crippen LogP contribution < -0.4 is 10.2 Å². The quantitative estimate of drug-likeness (QED) is 0.274. The van der Waals surface area contributed by atoms with Crippen molar-refractivity contribution in [1.82, 2.24) is 0 Å². The molecule has 7 heteroatoms. The molecule has 0 heterocycles. The van der Waals surface area contributed by atoms with E-state index in [0.717, 1.165) is 24.2 Å². The Hall–Kier alpha value is -1.82. The van der Waals surface area contributed by atoms with Gasteiger partial charge in [0.05, 0.1) is 0 Å². The molecule has 0 N–H and O–H groups in total. The largest absolute Gasteiger partial charge is 4.00 e. The number of nitrogens with zero attached hydrogens (tertiary/aromatic N) is 4. The first kappa shape index (κ1) is 51.6. The molecule has 2 aromatic rings. The molecule has 0 bridgehead atoms. The molecule has 0 aliphatic carbocycles. The Morgan fingerprint density at radius 2 is 0.776 bits per heavy atom. The van der Waals surface area contributed by atoms with Crippen molar-refractivity contribution >= 4 is 12.4 Å². The molecule has 0 aliphatic heterocycles. The standard InChI is InChI=1S/2C19H31NO.2C2H6N.Zr/c2*1-13(2)11-20-12-14-9-15(18(3,4)5)10-16(17(14)21)19(6,7)8;2*1-3-2;/h2*9-10,12-13,21H,11H2,1-8H3;2*1-2H3;/q;;2*-1;+4/p-2. The van der Waals surface area contributed by atoms with Crippen LogP contribution in [0.5, 0.6) is 11.5 Å². The molecule has 0 radical (unpaired) electrons. The van der Waals surface area contributed by atoms with Crippen LogP contribution in [0.1, 0.15) is 144 Å². The maximum absolute atomic E-state index is 12.7. The van der Waals surface area contributed by atoms with Crippen molar-refractivity contribution in [2.24, 2.45) is 21.8 Å². The third-order valence-corrected chi connectivity index (χ3v) is 6.99. The van der Waals surface area contributed by atoms with Gasteiger partial charge < -0.3 is 20.8 Å². The van der Waals surface area contributed by atoms with Crippen LogP contribution in [0.25, 0.3) is 10.6 Å². The van der Waals surface area contributed by atoms with E-state index in [-0.39, 0.29) is 59.4 Å². The van der Waals surface area contributed by atoms with E-state index in [1.54, 1.807) is 40.6 Å². The molecule has 0 saturated carbocycles. The smallest absolute Gasteiger partial charge is 0.872 e. The van der Waals surface area contributed by atoms with Gasteiger partial charge in [-0.1, -0.05) is 147 Å². The predicted octanol–water partition coefficient (Wildman–Crippen LogP) is 10.1. The predicted molar refractivity (Wildman–Crippen MR) is 212 cm³/mol. The summed E-state index contributed by atoms with van der Waals surface area (Å²) in [7, 11) is 7.00. The first-order valence-electron chi connectivity index (χ1n) is 17.4. The van der Waals surface area contributed by atoms with Gasteiger partial charge in [0.15, 0.2) is 0 Å². The SMILES string of the molecule is CC(C)CN=Cc1cc(C(C)(C)C)cc(C(C)(C)C)c1[O-].CC(C)CN=Cc1cc(C(C)(C)C)cc(C(C)(C)C)c1[O-].C[N-]C.C[N-]C.[Zr+4]. The molecule has 0 fully saturated rings. The number of rotatable bonds is 6. The zero-order chi connectivity index (χ0) is 38.3. The van der Waals surface area contributed by atoms with Crippen LogP contribution in [0.2, 0.25) is 0 Å². The van der Waals surface area contributed by atoms with Crippen molar-refractivity contribution in [2.45, 2.75) is 132 Å². The first-order chi connectivity index (χ1) is 21.7. The van der Waals surface area contributed by atoms with Crippen molar-refractivity contribution in [3.63, 3.8) is 0 Å². The molecule has 0 spiro atoms. The molecule has 0 aromatic heterocycles. The van der Waals surface area contributed by atoms with Crippen LogP contribution in [-0.2, 0) is 47.9 Å². The monoisotopic (exact) mass is 754 g/mol. The summed E-state index contributed by atoms with van der Waals surface area (Å²) in [4.78, 5) is 8.85. The fourth-order valence-electron chi connectivity index (χ4n) is 4.20. The van der Waals surface area contributed by atoms with Crippen molar-refractivity contribution < 1.29 is 36.4 Å². The third kappa shape index (κ3) is 20.6. The van der Waals surface area contributed by atoms with Crippen molar-refractivity contribution in [2.75, 3.05) is 41.3 Å². The van der Waals surface area contributed by atoms with E-state index in [1.807, 2.05) is 12.1 Å². The van der Waals surface area contributed by atoms with Gasteiger partial charge in [-0.25, -0.2) is 0 Å². The van der Waals surface area contributed by atoms with Gasteiger partial charge in [-0.2, -0.15) is 28.2 Å². The molecular weight excluding hydrogens is 684 g/mol. The Labute approximate surface area is 322 Å². The third-order valence-electron chi connectivity index (χ3n) is 6.99. The Bertz CT molecular complexity index is 1170. The summed E-state index contributed by atoms with van der Waals surface area (Å²) in [5.41, 5.74) is 5.31. The van der Waals surface area contributed by atoms with Gasteiger partial charge in [0.2, 0.25) is 0 Å². The molecule has 276 valence electrons. The van der Waals surface area contributed by atoms with Gasteiger partial charge in [0.1, 0.15) is 0 Å². The van der Waals surface area contributed by atoms with Crippen LogP contribution in [-0.4, -0.2) is 53.7 Å². The molecule has 0 amide bonds. The van der Waals surface area contributed by atoms with E-state index in [4.69, 9.17) is 0 Å². The fraction of sp³-hybridized carbons (Fsp3) is 0.667. The number of aliphatic imine (C=N–C) groups is 2. The van der Waals surface area contributed by atoms with Gasteiger partial charge >= 0.3 is 26.2 Å². The van der Waals surface area contributed by atoms with E-state index in [9.17, 15) is 10.2 Å². The molecule has 0 atom stereocenters. The normalized spacial score (nSPS) is 12.2. The summed E-state index contributed by atoms with van der Waals surface area (Å²) in [5.74, 6) is 1.24. The van der Waals surface area contributed by atoms with Crippen molar-refractivity contribution in [3.05, 3.63) is 68.3 Å². The summed E-state index contributed by atoms with van der Waals surface area (Å²) < 4.78 is 0. The Kier molecular flexibility index (Phi) is 24.1. The maximum atomic E-state index is 12.7. The zero-order valence-electron chi connectivity index (χ0n) is 35.1. The Morgan fingerprint density at radius 1 is 0.531 bits per heavy atom. The summed E-state index contributed by atoms with van der Waals surface area (Å²) in [6.07, 6.45) is 3.51. The average Bonchev–Trinajstić information content (AvgIpc) is 2.89. The molecule has 0 saturated heterocycles. The number of hydrogen-bond acceptors (Lipinski definition) is 4. The van der Waals surface area contributed by atoms with Crippen LogP contribution in [0, 0.1) is 11.8 Å². The zero-order valence-corrected chi connectivity index (χ0v) is 37.6. The van der Waals surface area contributed by atoms with Gasteiger partial charge in [-0.3, -0.25) is 9.98 Å². The summed E-state index contributed by atoms with van der Waals surface area (Å²) in [6, 6.07) is 8.15. The van der Waals surface area contributed by atoms with Crippen molar-refractivity contribution in [3.8, 4) is 11.5 Å². The summed E-state index contributed by atoms with van der Waals surface area (Å²) in [6.45, 7) is 35.6. The van der Waals surface area contributed by atoms with Crippen LogP contribution in [0.15, 0.2) is 34.3 Å². The van der Waals surface area contributed by atoms with Gasteiger partial charge in [0, 0.05) is 25.5 Å². The van der Waals surface area contributed by atoms with Gasteiger partial charge in [-0.15, -0.1) is 0 Å². The molecule has 2 rings (SSSR count). The molecular formula is C42H72N4O2Zr. The second-order valence-corrected chi connectivity index (χ2v) is 17.6. The molecule has 0 aliphatic rings. The number of hydrogen-bond donors (Lipinski definition) is 0. The minimum atomic E-state index is -0.154. The number of benzene rings is 2. The molecule has 2 aromatic carbocycles. The first-order valence-corrected chi connectivity index (χ1v) is 17.4. The topological polar surface area (TPSA) is 99.0 Å². The van der Waals surface area contributed by atoms with Gasteiger partial charge in [0.25, 0.3) is 0 Å². The van der Waals surface area contributed by atoms with Gasteiger partial charge in [-0.05, 0) is 66.9 Å². The Morgan fingerprint density at radius 3 is 0.959 bits per heavy atom. The maximum Gasteiger partial charge on any atom is 4.00 e. The second kappa shape index (κ2) is 22.9. The minimum Gasteiger partial charge on any atom is -0.872 e. The van der Waals surface area contributed by atoms with E-state index in [2.05, 4.69) is 144 Å². The van der Waals surface area contributed by atoms with E-state index in [1.165, 1.54) is 11.1 Å². The van der Waals surface area contributed by atoms with Crippen LogP contribution in [0.3, 0.4) is 0 Å².